The second-order valence-electron chi connectivity index (χ2n) is 7.67. The molecule has 1 saturated heterocycles. The third-order valence-corrected chi connectivity index (χ3v) is 9.90. The van der Waals surface area contributed by atoms with Crippen LogP contribution in [0.5, 0.6) is 0 Å². The SMILES string of the molecule is Cc1ccc(N=[P@](c2ccncc2)(N2CCCC2)C(C)(C)C)cc1Cl. The fourth-order valence-electron chi connectivity index (χ4n) is 3.60. The Morgan fingerprint density at radius 2 is 1.72 bits per heavy atom. The first-order valence-corrected chi connectivity index (χ1v) is 11.0. The molecular formula is C20H27ClN3P. The number of hydrogen-bond acceptors (Lipinski definition) is 2. The summed E-state index contributed by atoms with van der Waals surface area (Å²) in [6, 6.07) is 10.5. The van der Waals surface area contributed by atoms with Gasteiger partial charge in [0.15, 0.2) is 0 Å². The molecule has 1 aromatic heterocycles. The Morgan fingerprint density at radius 3 is 2.28 bits per heavy atom. The van der Waals surface area contributed by atoms with E-state index in [1.165, 1.54) is 18.1 Å². The molecule has 0 bridgehead atoms. The lowest BCUT2D eigenvalue weighted by atomic mass is 10.2. The van der Waals surface area contributed by atoms with E-state index in [1.807, 2.05) is 25.4 Å². The van der Waals surface area contributed by atoms with Crippen LogP contribution in [0.2, 0.25) is 5.02 Å². The summed E-state index contributed by atoms with van der Waals surface area (Å²) in [4.78, 5) is 4.24. The average Bonchev–Trinajstić information content (AvgIpc) is 3.10. The minimum Gasteiger partial charge on any atom is -0.265 e. The summed E-state index contributed by atoms with van der Waals surface area (Å²) in [5.74, 6) is 0. The lowest BCUT2D eigenvalue weighted by Crippen LogP contribution is -2.35. The molecule has 0 amide bonds. The summed E-state index contributed by atoms with van der Waals surface area (Å²) in [6.07, 6.45) is 6.27. The normalized spacial score (nSPS) is 18.1. The first-order chi connectivity index (χ1) is 11.8. The molecule has 1 aliphatic heterocycles. The minimum absolute atomic E-state index is 0.0239. The zero-order valence-electron chi connectivity index (χ0n) is 15.5. The van der Waals surface area contributed by atoms with Crippen molar-refractivity contribution in [3.63, 3.8) is 0 Å². The predicted octanol–water partition coefficient (Wildman–Crippen LogP) is 6.01. The molecule has 0 aliphatic carbocycles. The molecule has 1 atom stereocenters. The van der Waals surface area contributed by atoms with E-state index in [9.17, 15) is 0 Å². The monoisotopic (exact) mass is 375 g/mol. The highest BCUT2D eigenvalue weighted by molar-refractivity contribution is 7.73. The highest BCUT2D eigenvalue weighted by Crippen LogP contribution is 2.64. The van der Waals surface area contributed by atoms with E-state index >= 15 is 0 Å². The summed E-state index contributed by atoms with van der Waals surface area (Å²) < 4.78 is 8.08. The zero-order chi connectivity index (χ0) is 18.1. The molecule has 25 heavy (non-hydrogen) atoms. The molecule has 3 rings (SSSR count). The van der Waals surface area contributed by atoms with E-state index in [4.69, 9.17) is 16.3 Å². The topological polar surface area (TPSA) is 28.5 Å². The lowest BCUT2D eigenvalue weighted by Gasteiger charge is -2.43. The maximum atomic E-state index is 6.39. The van der Waals surface area contributed by atoms with Gasteiger partial charge in [0.2, 0.25) is 0 Å². The maximum Gasteiger partial charge on any atom is 0.0720 e. The number of pyridine rings is 1. The van der Waals surface area contributed by atoms with Gasteiger partial charge in [-0.1, -0.05) is 38.4 Å². The molecule has 2 aromatic rings. The second-order valence-corrected chi connectivity index (χ2v) is 11.9. The van der Waals surface area contributed by atoms with Gasteiger partial charge in [-0.15, -0.1) is 0 Å². The summed E-state index contributed by atoms with van der Waals surface area (Å²) in [5, 5.41) is 2.11. The number of hydrogen-bond donors (Lipinski definition) is 0. The Hall–Kier alpha value is -1.15. The van der Waals surface area contributed by atoms with Crippen molar-refractivity contribution >= 4 is 29.8 Å². The summed E-state index contributed by atoms with van der Waals surface area (Å²) >= 11 is 6.39. The van der Waals surface area contributed by atoms with Gasteiger partial charge in [-0.05, 0) is 49.6 Å². The molecule has 0 radical (unpaired) electrons. The third kappa shape index (κ3) is 3.56. The smallest absolute Gasteiger partial charge is 0.0720 e. The number of nitrogens with zero attached hydrogens (tertiary/aromatic N) is 3. The maximum absolute atomic E-state index is 6.39. The van der Waals surface area contributed by atoms with Crippen molar-refractivity contribution in [3.05, 3.63) is 53.3 Å². The standard InChI is InChI=1S/C20H27ClN3P/c1-16-7-8-17(15-19(16)21)23-25(20(2,3)4,24-13-5-6-14-24)18-9-11-22-12-10-18/h7-12,15H,5-6,13-14H2,1-4H3/t25-/m1/s1. The van der Waals surface area contributed by atoms with Crippen molar-refractivity contribution in [1.82, 2.24) is 9.65 Å². The van der Waals surface area contributed by atoms with Gasteiger partial charge >= 0.3 is 0 Å². The van der Waals surface area contributed by atoms with Gasteiger partial charge in [-0.3, -0.25) is 9.65 Å². The minimum atomic E-state index is -1.98. The molecule has 2 heterocycles. The molecule has 1 fully saturated rings. The number of aryl methyl sites for hydroxylation is 1. The Morgan fingerprint density at radius 1 is 1.08 bits per heavy atom. The van der Waals surface area contributed by atoms with Crippen LogP contribution in [0, 0.1) is 6.92 Å². The first-order valence-electron chi connectivity index (χ1n) is 8.89. The largest absolute Gasteiger partial charge is 0.265 e. The molecule has 0 unspecified atom stereocenters. The third-order valence-electron chi connectivity index (χ3n) is 4.87. The molecular weight excluding hydrogens is 349 g/mol. The molecule has 0 saturated carbocycles. The summed E-state index contributed by atoms with van der Waals surface area (Å²) in [7, 11) is -1.98. The van der Waals surface area contributed by atoms with E-state index < -0.39 is 7.21 Å². The van der Waals surface area contributed by atoms with Crippen LogP contribution < -0.4 is 5.30 Å². The van der Waals surface area contributed by atoms with E-state index in [0.29, 0.717) is 0 Å². The van der Waals surface area contributed by atoms with Crippen LogP contribution in [0.4, 0.5) is 5.69 Å². The van der Waals surface area contributed by atoms with Gasteiger partial charge in [-0.2, -0.15) is 0 Å². The van der Waals surface area contributed by atoms with Gasteiger partial charge in [0, 0.05) is 41.0 Å². The molecule has 1 aromatic carbocycles. The second kappa shape index (κ2) is 7.23. The van der Waals surface area contributed by atoms with Gasteiger partial charge in [0.1, 0.15) is 0 Å². The van der Waals surface area contributed by atoms with E-state index in [2.05, 4.69) is 54.7 Å². The molecule has 134 valence electrons. The summed E-state index contributed by atoms with van der Waals surface area (Å²) in [6.45, 7) is 11.2. The van der Waals surface area contributed by atoms with Gasteiger partial charge in [-0.25, -0.2) is 4.74 Å². The number of halogens is 1. The number of aromatic nitrogens is 1. The first kappa shape index (κ1) is 18.6. The van der Waals surface area contributed by atoms with Gasteiger partial charge < -0.3 is 0 Å². The number of benzene rings is 1. The van der Waals surface area contributed by atoms with Gasteiger partial charge in [0.25, 0.3) is 0 Å². The highest BCUT2D eigenvalue weighted by atomic mass is 35.5. The summed E-state index contributed by atoms with van der Waals surface area (Å²) in [5.41, 5.74) is 2.06. The van der Waals surface area contributed by atoms with Crippen LogP contribution in [0.25, 0.3) is 0 Å². The van der Waals surface area contributed by atoms with Gasteiger partial charge in [0.05, 0.1) is 12.9 Å². The molecule has 0 spiro atoms. The zero-order valence-corrected chi connectivity index (χ0v) is 17.2. The van der Waals surface area contributed by atoms with E-state index in [1.54, 1.807) is 0 Å². The van der Waals surface area contributed by atoms with Crippen LogP contribution in [0.3, 0.4) is 0 Å². The molecule has 5 heteroatoms. The Balaban J connectivity index is 2.30. The lowest BCUT2D eigenvalue weighted by molar-refractivity contribution is 0.538. The fraction of sp³-hybridized carbons (Fsp3) is 0.450. The van der Waals surface area contributed by atoms with Crippen molar-refractivity contribution in [2.45, 2.75) is 45.7 Å². The Kier molecular flexibility index (Phi) is 5.39. The molecule has 1 aliphatic rings. The molecule has 3 nitrogen and oxygen atoms in total. The van der Waals surface area contributed by atoms with Crippen molar-refractivity contribution in [2.24, 2.45) is 4.74 Å². The number of rotatable bonds is 3. The molecule has 0 N–H and O–H groups in total. The fourth-order valence-corrected chi connectivity index (χ4v) is 8.13. The Bertz CT molecular complexity index is 790. The quantitative estimate of drug-likeness (QED) is 0.614. The average molecular weight is 376 g/mol. The van der Waals surface area contributed by atoms with Crippen molar-refractivity contribution in [1.29, 1.82) is 0 Å². The van der Waals surface area contributed by atoms with Crippen LogP contribution in [-0.2, 0) is 0 Å². The highest BCUT2D eigenvalue weighted by Gasteiger charge is 2.42. The van der Waals surface area contributed by atoms with E-state index in [-0.39, 0.29) is 5.16 Å². The predicted molar refractivity (Wildman–Crippen MR) is 110 cm³/mol. The van der Waals surface area contributed by atoms with Crippen LogP contribution in [0.1, 0.15) is 39.2 Å². The van der Waals surface area contributed by atoms with Crippen LogP contribution in [-0.4, -0.2) is 27.9 Å². The Labute approximate surface area is 156 Å². The van der Waals surface area contributed by atoms with Crippen molar-refractivity contribution in [2.75, 3.05) is 13.1 Å². The van der Waals surface area contributed by atoms with Crippen LogP contribution in [0.15, 0.2) is 47.5 Å². The van der Waals surface area contributed by atoms with Crippen molar-refractivity contribution < 1.29 is 0 Å². The van der Waals surface area contributed by atoms with E-state index in [0.717, 1.165) is 29.4 Å². The van der Waals surface area contributed by atoms with Crippen molar-refractivity contribution in [3.8, 4) is 0 Å². The van der Waals surface area contributed by atoms with Crippen LogP contribution >= 0.6 is 18.8 Å².